The fraction of sp³-hybridized carbons (Fsp3) is 0.438. The number of nitrogens with one attached hydrogen (secondary N) is 1. The predicted octanol–water partition coefficient (Wildman–Crippen LogP) is 2.33. The van der Waals surface area contributed by atoms with Crippen molar-refractivity contribution < 1.29 is 9.47 Å². The van der Waals surface area contributed by atoms with E-state index in [1.807, 2.05) is 42.3 Å². The number of likely N-dealkylation sites (N-methyl/N-ethyl adjacent to an activating group) is 1. The van der Waals surface area contributed by atoms with E-state index in [4.69, 9.17) is 9.47 Å². The van der Waals surface area contributed by atoms with Gasteiger partial charge in [-0.25, -0.2) is 0 Å². The Hall–Kier alpha value is -2.01. The first-order chi connectivity index (χ1) is 10.2. The summed E-state index contributed by atoms with van der Waals surface area (Å²) in [5, 5.41) is 7.74. The van der Waals surface area contributed by atoms with Crippen molar-refractivity contribution >= 4 is 0 Å². The van der Waals surface area contributed by atoms with Crippen LogP contribution < -0.4 is 14.8 Å². The third-order valence-electron chi connectivity index (χ3n) is 3.46. The van der Waals surface area contributed by atoms with Crippen molar-refractivity contribution in [1.29, 1.82) is 0 Å². The minimum atomic E-state index is 0.157. The van der Waals surface area contributed by atoms with Crippen LogP contribution in [0.1, 0.15) is 24.1 Å². The number of hydrogen-bond acceptors (Lipinski definition) is 4. The Bertz CT molecular complexity index is 581. The molecule has 21 heavy (non-hydrogen) atoms. The average Bonchev–Trinajstić information content (AvgIpc) is 2.91. The predicted molar refractivity (Wildman–Crippen MR) is 82.9 cm³/mol. The van der Waals surface area contributed by atoms with Crippen LogP contribution in [0.2, 0.25) is 0 Å². The second kappa shape index (κ2) is 7.13. The van der Waals surface area contributed by atoms with Crippen LogP contribution in [0, 0.1) is 0 Å². The number of hydrogen-bond donors (Lipinski definition) is 1. The molecule has 0 bridgehead atoms. The summed E-state index contributed by atoms with van der Waals surface area (Å²) in [7, 11) is 5.30. The fourth-order valence-electron chi connectivity index (χ4n) is 2.46. The molecule has 0 fully saturated rings. The van der Waals surface area contributed by atoms with Crippen molar-refractivity contribution in [2.75, 3.05) is 20.8 Å². The molecule has 0 aliphatic heterocycles. The zero-order valence-corrected chi connectivity index (χ0v) is 13.1. The number of aromatic nitrogens is 2. The van der Waals surface area contributed by atoms with E-state index in [2.05, 4.69) is 17.3 Å². The number of rotatable bonds is 7. The summed E-state index contributed by atoms with van der Waals surface area (Å²) >= 11 is 0. The molecule has 0 aliphatic rings. The lowest BCUT2D eigenvalue weighted by Gasteiger charge is -2.21. The van der Waals surface area contributed by atoms with Crippen molar-refractivity contribution in [3.8, 4) is 11.5 Å². The third kappa shape index (κ3) is 3.76. The molecule has 1 aromatic carbocycles. The molecular formula is C16H23N3O2. The zero-order chi connectivity index (χ0) is 15.2. The Balaban J connectivity index is 2.31. The molecule has 5 heteroatoms. The van der Waals surface area contributed by atoms with Crippen molar-refractivity contribution in [3.63, 3.8) is 0 Å². The molecule has 5 nitrogen and oxygen atoms in total. The molecule has 0 aliphatic carbocycles. The van der Waals surface area contributed by atoms with Crippen LogP contribution in [0.15, 0.2) is 30.6 Å². The second-order valence-electron chi connectivity index (χ2n) is 4.94. The number of aryl methyl sites for hydroxylation is 1. The summed E-state index contributed by atoms with van der Waals surface area (Å²) in [6.45, 7) is 2.98. The van der Waals surface area contributed by atoms with Crippen LogP contribution in [-0.4, -0.2) is 30.5 Å². The van der Waals surface area contributed by atoms with Gasteiger partial charge in [-0.2, -0.15) is 5.10 Å². The third-order valence-corrected chi connectivity index (χ3v) is 3.46. The Morgan fingerprint density at radius 3 is 2.67 bits per heavy atom. The lowest BCUT2D eigenvalue weighted by molar-refractivity contribution is 0.389. The minimum absolute atomic E-state index is 0.157. The van der Waals surface area contributed by atoms with Crippen molar-refractivity contribution in [1.82, 2.24) is 15.1 Å². The molecule has 2 rings (SSSR count). The lowest BCUT2D eigenvalue weighted by Crippen LogP contribution is -2.23. The van der Waals surface area contributed by atoms with Gasteiger partial charge >= 0.3 is 0 Å². The number of ether oxygens (including phenoxy) is 2. The van der Waals surface area contributed by atoms with Crippen molar-refractivity contribution in [2.24, 2.45) is 7.05 Å². The normalized spacial score (nSPS) is 12.2. The van der Waals surface area contributed by atoms with Gasteiger partial charge in [0.15, 0.2) is 0 Å². The van der Waals surface area contributed by atoms with E-state index in [1.165, 1.54) is 5.56 Å². The molecule has 1 heterocycles. The second-order valence-corrected chi connectivity index (χ2v) is 4.94. The topological polar surface area (TPSA) is 48.3 Å². The average molecular weight is 289 g/mol. The quantitative estimate of drug-likeness (QED) is 0.850. The van der Waals surface area contributed by atoms with Gasteiger partial charge < -0.3 is 14.8 Å². The van der Waals surface area contributed by atoms with Crippen LogP contribution in [-0.2, 0) is 13.5 Å². The Morgan fingerprint density at radius 1 is 1.29 bits per heavy atom. The number of nitrogens with zero attached hydrogens (tertiary/aromatic N) is 2. The van der Waals surface area contributed by atoms with Crippen molar-refractivity contribution in [2.45, 2.75) is 19.4 Å². The first-order valence-electron chi connectivity index (χ1n) is 7.10. The molecule has 1 aromatic heterocycles. The molecule has 114 valence electrons. The summed E-state index contributed by atoms with van der Waals surface area (Å²) in [5.74, 6) is 1.70. The standard InChI is InChI=1S/C16H23N3O2/c1-5-17-15(8-12-10-18-19(2)11-12)14-9-13(20-3)6-7-16(14)21-4/h6-7,9-11,15,17H,5,8H2,1-4H3. The lowest BCUT2D eigenvalue weighted by atomic mass is 9.99. The van der Waals surface area contributed by atoms with E-state index in [9.17, 15) is 0 Å². The highest BCUT2D eigenvalue weighted by molar-refractivity contribution is 5.42. The summed E-state index contributed by atoms with van der Waals surface area (Å²) in [6.07, 6.45) is 4.79. The van der Waals surface area contributed by atoms with E-state index in [1.54, 1.807) is 14.2 Å². The van der Waals surface area contributed by atoms with Crippen LogP contribution >= 0.6 is 0 Å². The molecular weight excluding hydrogens is 266 g/mol. The van der Waals surface area contributed by atoms with Crippen LogP contribution in [0.3, 0.4) is 0 Å². The SMILES string of the molecule is CCNC(Cc1cnn(C)c1)c1cc(OC)ccc1OC. The van der Waals surface area contributed by atoms with Gasteiger partial charge in [0.2, 0.25) is 0 Å². The largest absolute Gasteiger partial charge is 0.497 e. The summed E-state index contributed by atoms with van der Waals surface area (Å²) in [5.41, 5.74) is 2.29. The van der Waals surface area contributed by atoms with Gasteiger partial charge in [-0.3, -0.25) is 4.68 Å². The molecule has 0 amide bonds. The van der Waals surface area contributed by atoms with Crippen LogP contribution in [0.4, 0.5) is 0 Å². The maximum absolute atomic E-state index is 5.50. The van der Waals surface area contributed by atoms with E-state index in [0.29, 0.717) is 0 Å². The summed E-state index contributed by atoms with van der Waals surface area (Å²) < 4.78 is 12.7. The van der Waals surface area contributed by atoms with Gasteiger partial charge in [-0.15, -0.1) is 0 Å². The summed E-state index contributed by atoms with van der Waals surface area (Å²) in [4.78, 5) is 0. The van der Waals surface area contributed by atoms with Crippen LogP contribution in [0.5, 0.6) is 11.5 Å². The monoisotopic (exact) mass is 289 g/mol. The van der Waals surface area contributed by atoms with Crippen molar-refractivity contribution in [3.05, 3.63) is 41.7 Å². The number of methoxy groups -OCH3 is 2. The fourth-order valence-corrected chi connectivity index (χ4v) is 2.46. The van der Waals surface area contributed by atoms with Gasteiger partial charge in [0.25, 0.3) is 0 Å². The molecule has 0 spiro atoms. The molecule has 1 atom stereocenters. The molecule has 1 N–H and O–H groups in total. The van der Waals surface area contributed by atoms with Gasteiger partial charge in [0.1, 0.15) is 11.5 Å². The molecule has 1 unspecified atom stereocenters. The Labute approximate surface area is 125 Å². The highest BCUT2D eigenvalue weighted by Gasteiger charge is 2.17. The zero-order valence-electron chi connectivity index (χ0n) is 13.1. The van der Waals surface area contributed by atoms with Gasteiger partial charge in [0.05, 0.1) is 20.4 Å². The van der Waals surface area contributed by atoms with Gasteiger partial charge in [0, 0.05) is 24.8 Å². The maximum atomic E-state index is 5.50. The Morgan fingerprint density at radius 2 is 2.10 bits per heavy atom. The highest BCUT2D eigenvalue weighted by Crippen LogP contribution is 2.31. The maximum Gasteiger partial charge on any atom is 0.123 e. The molecule has 0 saturated carbocycles. The van der Waals surface area contributed by atoms with E-state index < -0.39 is 0 Å². The smallest absolute Gasteiger partial charge is 0.123 e. The van der Waals surface area contributed by atoms with E-state index in [-0.39, 0.29) is 6.04 Å². The van der Waals surface area contributed by atoms with E-state index in [0.717, 1.165) is 30.0 Å². The minimum Gasteiger partial charge on any atom is -0.497 e. The molecule has 0 saturated heterocycles. The first-order valence-corrected chi connectivity index (χ1v) is 7.10. The molecule has 2 aromatic rings. The van der Waals surface area contributed by atoms with Gasteiger partial charge in [-0.05, 0) is 36.7 Å². The van der Waals surface area contributed by atoms with E-state index >= 15 is 0 Å². The molecule has 0 radical (unpaired) electrons. The van der Waals surface area contributed by atoms with Gasteiger partial charge in [-0.1, -0.05) is 6.92 Å². The van der Waals surface area contributed by atoms with Crippen LogP contribution in [0.25, 0.3) is 0 Å². The number of benzene rings is 1. The highest BCUT2D eigenvalue weighted by atomic mass is 16.5. The Kier molecular flexibility index (Phi) is 5.22. The summed E-state index contributed by atoms with van der Waals surface area (Å²) in [6, 6.07) is 6.05. The first kappa shape index (κ1) is 15.4.